The van der Waals surface area contributed by atoms with Crippen LogP contribution in [0.1, 0.15) is 44.5 Å². The molecule has 0 unspecified atom stereocenters. The third-order valence-electron chi connectivity index (χ3n) is 5.09. The van der Waals surface area contributed by atoms with Crippen molar-refractivity contribution in [2.45, 2.75) is 51.5 Å². The number of rotatable bonds is 6. The Bertz CT molecular complexity index is 825. The summed E-state index contributed by atoms with van der Waals surface area (Å²) in [5.74, 6) is 0. The Balaban J connectivity index is 2.25. The first-order valence-corrected chi connectivity index (χ1v) is 11.2. The molecule has 0 saturated carbocycles. The van der Waals surface area contributed by atoms with Gasteiger partial charge in [-0.2, -0.15) is 0 Å². The molecule has 3 atom stereocenters. The lowest BCUT2D eigenvalue weighted by molar-refractivity contribution is -0.265. The highest BCUT2D eigenvalue weighted by molar-refractivity contribution is 7.73. The van der Waals surface area contributed by atoms with Crippen LogP contribution in [0.25, 0.3) is 5.31 Å². The topological polar surface area (TPSA) is 49.8 Å². The zero-order chi connectivity index (χ0) is 19.6. The monoisotopic (exact) mass is 385 g/mol. The zero-order valence-corrected chi connectivity index (χ0v) is 17.2. The fourth-order valence-electron chi connectivity index (χ4n) is 4.27. The molecule has 1 aliphatic heterocycles. The molecule has 3 rings (SSSR count). The summed E-state index contributed by atoms with van der Waals surface area (Å²) in [6, 6.07) is 19.7. The SMILES string of the molecule is CC(C)N(C(C)C)[P@]1(=O)C(c2ccccc2)=C[C@@H](OO)[C@@H]1c1ccccc1. The van der Waals surface area contributed by atoms with Gasteiger partial charge in [-0.15, -0.1) is 0 Å². The second kappa shape index (κ2) is 8.12. The molecule has 0 spiro atoms. The molecule has 0 radical (unpaired) electrons. The van der Waals surface area contributed by atoms with E-state index in [0.717, 1.165) is 16.4 Å². The predicted molar refractivity (Wildman–Crippen MR) is 111 cm³/mol. The lowest BCUT2D eigenvalue weighted by atomic mass is 10.1. The molecule has 1 heterocycles. The zero-order valence-electron chi connectivity index (χ0n) is 16.3. The summed E-state index contributed by atoms with van der Waals surface area (Å²) < 4.78 is 17.0. The molecule has 0 fully saturated rings. The van der Waals surface area contributed by atoms with Gasteiger partial charge in [-0.3, -0.25) is 5.26 Å². The maximum Gasteiger partial charge on any atom is 0.189 e. The Morgan fingerprint density at radius 2 is 1.44 bits per heavy atom. The van der Waals surface area contributed by atoms with Crippen LogP contribution in [0.15, 0.2) is 66.7 Å². The Kier molecular flexibility index (Phi) is 6.02. The minimum absolute atomic E-state index is 0.0756. The van der Waals surface area contributed by atoms with Gasteiger partial charge in [0.25, 0.3) is 0 Å². The van der Waals surface area contributed by atoms with Gasteiger partial charge in [0.15, 0.2) is 7.29 Å². The molecule has 144 valence electrons. The fourth-order valence-corrected chi connectivity index (χ4v) is 8.48. The molecule has 0 bridgehead atoms. The van der Waals surface area contributed by atoms with Gasteiger partial charge in [0, 0.05) is 17.4 Å². The van der Waals surface area contributed by atoms with Crippen LogP contribution in [0.3, 0.4) is 0 Å². The summed E-state index contributed by atoms with van der Waals surface area (Å²) in [5.41, 5.74) is 1.37. The Hall–Kier alpha value is -1.71. The third kappa shape index (κ3) is 3.55. The average Bonchev–Trinajstić information content (AvgIpc) is 2.95. The van der Waals surface area contributed by atoms with Gasteiger partial charge < -0.3 is 4.57 Å². The van der Waals surface area contributed by atoms with Crippen molar-refractivity contribution in [2.24, 2.45) is 0 Å². The Morgan fingerprint density at radius 1 is 0.926 bits per heavy atom. The van der Waals surface area contributed by atoms with Crippen molar-refractivity contribution in [3.05, 3.63) is 77.9 Å². The van der Waals surface area contributed by atoms with E-state index < -0.39 is 19.1 Å². The van der Waals surface area contributed by atoms with Gasteiger partial charge in [-0.25, -0.2) is 9.56 Å². The van der Waals surface area contributed by atoms with E-state index in [-0.39, 0.29) is 12.1 Å². The lowest BCUT2D eigenvalue weighted by Gasteiger charge is -2.41. The maximum absolute atomic E-state index is 14.9. The molecule has 5 heteroatoms. The maximum atomic E-state index is 14.9. The molecule has 27 heavy (non-hydrogen) atoms. The molecular weight excluding hydrogens is 357 g/mol. The van der Waals surface area contributed by atoms with Gasteiger partial charge in [0.05, 0.1) is 5.66 Å². The molecular formula is C22H28NO3P. The summed E-state index contributed by atoms with van der Waals surface area (Å²) in [4.78, 5) is 4.86. The highest BCUT2D eigenvalue weighted by Gasteiger charge is 2.53. The van der Waals surface area contributed by atoms with Crippen molar-refractivity contribution in [1.29, 1.82) is 0 Å². The van der Waals surface area contributed by atoms with E-state index in [0.29, 0.717) is 0 Å². The Labute approximate surface area is 161 Å². The molecule has 4 nitrogen and oxygen atoms in total. The number of benzene rings is 2. The van der Waals surface area contributed by atoms with E-state index in [2.05, 4.69) is 32.4 Å². The highest BCUT2D eigenvalue weighted by Crippen LogP contribution is 2.76. The van der Waals surface area contributed by atoms with Crippen LogP contribution in [0.5, 0.6) is 0 Å². The average molecular weight is 385 g/mol. The summed E-state index contributed by atoms with van der Waals surface area (Å²) in [7, 11) is -3.12. The second-order valence-corrected chi connectivity index (χ2v) is 10.3. The van der Waals surface area contributed by atoms with E-state index in [4.69, 9.17) is 4.89 Å². The van der Waals surface area contributed by atoms with Crippen molar-refractivity contribution < 1.29 is 14.7 Å². The highest BCUT2D eigenvalue weighted by atomic mass is 31.2. The smallest absolute Gasteiger partial charge is 0.189 e. The fraction of sp³-hybridized carbons (Fsp3) is 0.364. The van der Waals surface area contributed by atoms with Gasteiger partial charge in [-0.05, 0) is 44.9 Å². The first kappa shape index (κ1) is 20.0. The van der Waals surface area contributed by atoms with Crippen molar-refractivity contribution in [3.8, 4) is 0 Å². The minimum Gasteiger partial charge on any atom is -0.301 e. The largest absolute Gasteiger partial charge is 0.301 e. The van der Waals surface area contributed by atoms with E-state index in [1.165, 1.54) is 0 Å². The molecule has 0 amide bonds. The summed E-state index contributed by atoms with van der Waals surface area (Å²) in [6.45, 7) is 8.27. The second-order valence-electron chi connectivity index (χ2n) is 7.53. The molecule has 2 aromatic rings. The van der Waals surface area contributed by atoms with E-state index in [1.54, 1.807) is 0 Å². The predicted octanol–water partition coefficient (Wildman–Crippen LogP) is 6.04. The number of hydrogen-bond donors (Lipinski definition) is 1. The molecule has 0 aliphatic carbocycles. The molecule has 0 aromatic heterocycles. The minimum atomic E-state index is -3.12. The third-order valence-corrected chi connectivity index (χ3v) is 9.14. The van der Waals surface area contributed by atoms with Crippen LogP contribution in [-0.4, -0.2) is 28.1 Å². The van der Waals surface area contributed by atoms with Crippen LogP contribution in [0.2, 0.25) is 0 Å². The standard InChI is InChI=1S/C22H28NO3P/c1-16(2)23(17(3)4)27(25)21(18-11-7-5-8-12-18)15-20(26-24)22(27)19-13-9-6-10-14-19/h5-17,20,22,24H,1-4H3/t20-,22+,27+/m1/s1. The van der Waals surface area contributed by atoms with Crippen LogP contribution in [0, 0.1) is 0 Å². The van der Waals surface area contributed by atoms with Crippen LogP contribution >= 0.6 is 7.29 Å². The summed E-state index contributed by atoms with van der Waals surface area (Å²) in [5, 5.41) is 10.4. The molecule has 2 aromatic carbocycles. The number of nitrogens with zero attached hydrogens (tertiary/aromatic N) is 1. The lowest BCUT2D eigenvalue weighted by Crippen LogP contribution is -2.36. The van der Waals surface area contributed by atoms with Gasteiger partial charge in [-0.1, -0.05) is 60.7 Å². The van der Waals surface area contributed by atoms with Gasteiger partial charge in [0.1, 0.15) is 6.10 Å². The molecule has 0 saturated heterocycles. The van der Waals surface area contributed by atoms with Crippen molar-refractivity contribution in [3.63, 3.8) is 0 Å². The first-order valence-electron chi connectivity index (χ1n) is 9.42. The van der Waals surface area contributed by atoms with Crippen LogP contribution in [0.4, 0.5) is 0 Å². The van der Waals surface area contributed by atoms with E-state index >= 15 is 0 Å². The van der Waals surface area contributed by atoms with Gasteiger partial charge >= 0.3 is 0 Å². The van der Waals surface area contributed by atoms with Crippen molar-refractivity contribution >= 4 is 12.6 Å². The first-order chi connectivity index (χ1) is 12.9. The quantitative estimate of drug-likeness (QED) is 0.374. The normalized spacial score (nSPS) is 25.4. The molecule has 1 N–H and O–H groups in total. The van der Waals surface area contributed by atoms with Gasteiger partial charge in [0.2, 0.25) is 0 Å². The van der Waals surface area contributed by atoms with E-state index in [1.807, 2.05) is 66.7 Å². The summed E-state index contributed by atoms with van der Waals surface area (Å²) in [6.07, 6.45) is 1.18. The number of hydrogen-bond acceptors (Lipinski definition) is 3. The van der Waals surface area contributed by atoms with Crippen molar-refractivity contribution in [1.82, 2.24) is 4.67 Å². The van der Waals surface area contributed by atoms with Crippen LogP contribution in [-0.2, 0) is 9.45 Å². The van der Waals surface area contributed by atoms with Crippen LogP contribution < -0.4 is 0 Å². The summed E-state index contributed by atoms with van der Waals surface area (Å²) >= 11 is 0. The van der Waals surface area contributed by atoms with E-state index in [9.17, 15) is 9.82 Å². The Morgan fingerprint density at radius 3 is 1.93 bits per heavy atom. The molecule has 1 aliphatic rings. The van der Waals surface area contributed by atoms with Crippen molar-refractivity contribution in [2.75, 3.05) is 0 Å².